The van der Waals surface area contributed by atoms with Crippen molar-refractivity contribution in [1.29, 1.82) is 0 Å². The molecule has 106 valence electrons. The molecule has 0 unspecified atom stereocenters. The molecule has 0 radical (unpaired) electrons. The fraction of sp³-hybridized carbons (Fsp3) is 0.214. The Kier molecular flexibility index (Phi) is 4.62. The van der Waals surface area contributed by atoms with Gasteiger partial charge in [-0.3, -0.25) is 10.2 Å². The largest absolute Gasteiger partial charge is 0.494 e. The summed E-state index contributed by atoms with van der Waals surface area (Å²) in [5.41, 5.74) is 2.65. The molecule has 1 amide bonds. The Hall–Kier alpha value is -2.47. The first-order valence-electron chi connectivity index (χ1n) is 6.17. The number of furan rings is 1. The van der Waals surface area contributed by atoms with Crippen molar-refractivity contribution < 1.29 is 18.7 Å². The van der Waals surface area contributed by atoms with Crippen molar-refractivity contribution in [3.63, 3.8) is 0 Å². The van der Waals surface area contributed by atoms with Gasteiger partial charge >= 0.3 is 5.91 Å². The first-order valence-corrected chi connectivity index (χ1v) is 6.17. The van der Waals surface area contributed by atoms with Crippen molar-refractivity contribution in [1.82, 2.24) is 5.43 Å². The van der Waals surface area contributed by atoms with Crippen molar-refractivity contribution in [3.8, 4) is 11.5 Å². The second-order valence-corrected chi connectivity index (χ2v) is 3.94. The normalized spacial score (nSPS) is 10.1. The molecule has 0 bridgehead atoms. The molecule has 2 aromatic rings. The van der Waals surface area contributed by atoms with E-state index in [0.717, 1.165) is 5.75 Å². The molecule has 0 saturated carbocycles. The standard InChI is InChI=1S/C14H16N2O4/c1-2-18-11-3-5-12(6-4-11)20-9-10-7-8-19-13(10)14(17)16-15/h3-8H,2,9,15H2,1H3,(H,16,17). The fourth-order valence-electron chi connectivity index (χ4n) is 1.67. The van der Waals surface area contributed by atoms with Crippen molar-refractivity contribution in [3.05, 3.63) is 47.9 Å². The van der Waals surface area contributed by atoms with Gasteiger partial charge in [-0.05, 0) is 37.3 Å². The van der Waals surface area contributed by atoms with Crippen molar-refractivity contribution in [2.45, 2.75) is 13.5 Å². The molecule has 1 aromatic carbocycles. The third kappa shape index (κ3) is 3.30. The van der Waals surface area contributed by atoms with Crippen LogP contribution in [0.25, 0.3) is 0 Å². The Morgan fingerprint density at radius 2 is 1.85 bits per heavy atom. The maximum absolute atomic E-state index is 11.4. The first kappa shape index (κ1) is 14.0. The number of amides is 1. The Balaban J connectivity index is 1.98. The van der Waals surface area contributed by atoms with Gasteiger partial charge in [0.1, 0.15) is 18.1 Å². The predicted octanol–water partition coefficient (Wildman–Crippen LogP) is 1.86. The van der Waals surface area contributed by atoms with Crippen LogP contribution >= 0.6 is 0 Å². The third-order valence-electron chi connectivity index (χ3n) is 2.61. The maximum Gasteiger partial charge on any atom is 0.301 e. The second-order valence-electron chi connectivity index (χ2n) is 3.94. The minimum Gasteiger partial charge on any atom is -0.494 e. The Bertz CT molecular complexity index is 563. The number of carbonyl (C=O) groups excluding carboxylic acids is 1. The van der Waals surface area contributed by atoms with Gasteiger partial charge in [0.15, 0.2) is 5.76 Å². The van der Waals surface area contributed by atoms with Crippen LogP contribution < -0.4 is 20.7 Å². The van der Waals surface area contributed by atoms with Crippen molar-refractivity contribution >= 4 is 5.91 Å². The Morgan fingerprint density at radius 1 is 1.20 bits per heavy atom. The van der Waals surface area contributed by atoms with Gasteiger partial charge in [-0.1, -0.05) is 0 Å². The van der Waals surface area contributed by atoms with Crippen LogP contribution in [0.15, 0.2) is 41.0 Å². The van der Waals surface area contributed by atoms with Crippen LogP contribution in [-0.2, 0) is 6.61 Å². The minimum absolute atomic E-state index is 0.151. The van der Waals surface area contributed by atoms with Crippen LogP contribution in [0.3, 0.4) is 0 Å². The van der Waals surface area contributed by atoms with Crippen molar-refractivity contribution in [2.75, 3.05) is 6.61 Å². The molecule has 3 N–H and O–H groups in total. The predicted molar refractivity (Wildman–Crippen MR) is 72.3 cm³/mol. The number of hydrogen-bond donors (Lipinski definition) is 2. The molecule has 2 rings (SSSR count). The molecular weight excluding hydrogens is 260 g/mol. The number of carbonyl (C=O) groups is 1. The second kappa shape index (κ2) is 6.63. The lowest BCUT2D eigenvalue weighted by molar-refractivity contribution is 0.0922. The van der Waals surface area contributed by atoms with E-state index in [1.165, 1.54) is 6.26 Å². The van der Waals surface area contributed by atoms with Gasteiger partial charge in [-0.15, -0.1) is 0 Å². The molecule has 6 nitrogen and oxygen atoms in total. The molecule has 1 heterocycles. The van der Waals surface area contributed by atoms with E-state index < -0.39 is 5.91 Å². The number of nitrogens with one attached hydrogen (secondary N) is 1. The summed E-state index contributed by atoms with van der Waals surface area (Å²) in [4.78, 5) is 11.4. The van der Waals surface area contributed by atoms with Crippen LogP contribution in [0.1, 0.15) is 23.0 Å². The highest BCUT2D eigenvalue weighted by atomic mass is 16.5. The molecular formula is C14H16N2O4. The number of nitrogen functional groups attached to an aromatic ring is 1. The summed E-state index contributed by atoms with van der Waals surface area (Å²) in [5.74, 6) is 6.19. The van der Waals surface area contributed by atoms with E-state index in [-0.39, 0.29) is 12.4 Å². The maximum atomic E-state index is 11.4. The summed E-state index contributed by atoms with van der Waals surface area (Å²) in [5, 5.41) is 0. The van der Waals surface area contributed by atoms with E-state index in [0.29, 0.717) is 17.9 Å². The summed E-state index contributed by atoms with van der Waals surface area (Å²) in [6, 6.07) is 8.91. The molecule has 20 heavy (non-hydrogen) atoms. The zero-order valence-corrected chi connectivity index (χ0v) is 11.1. The van der Waals surface area contributed by atoms with E-state index in [9.17, 15) is 4.79 Å². The van der Waals surface area contributed by atoms with Crippen LogP contribution in [0, 0.1) is 0 Å². The molecule has 1 aromatic heterocycles. The molecule has 0 aliphatic rings. The highest BCUT2D eigenvalue weighted by Gasteiger charge is 2.14. The van der Waals surface area contributed by atoms with Gasteiger partial charge in [-0.2, -0.15) is 0 Å². The highest BCUT2D eigenvalue weighted by Crippen LogP contribution is 2.19. The lowest BCUT2D eigenvalue weighted by Crippen LogP contribution is -2.30. The molecule has 0 aliphatic heterocycles. The lowest BCUT2D eigenvalue weighted by atomic mass is 10.2. The van der Waals surface area contributed by atoms with E-state index >= 15 is 0 Å². The van der Waals surface area contributed by atoms with Crippen LogP contribution in [-0.4, -0.2) is 12.5 Å². The van der Waals surface area contributed by atoms with Gasteiger partial charge in [0.2, 0.25) is 0 Å². The molecule has 0 atom stereocenters. The van der Waals surface area contributed by atoms with Gasteiger partial charge in [0.25, 0.3) is 0 Å². The fourth-order valence-corrected chi connectivity index (χ4v) is 1.67. The van der Waals surface area contributed by atoms with Crippen LogP contribution in [0.4, 0.5) is 0 Å². The topological polar surface area (TPSA) is 86.7 Å². The molecule has 0 fully saturated rings. The summed E-state index contributed by atoms with van der Waals surface area (Å²) in [6.45, 7) is 2.76. The number of nitrogens with two attached hydrogens (primary N) is 1. The summed E-state index contributed by atoms with van der Waals surface area (Å²) in [6.07, 6.45) is 1.42. The van der Waals surface area contributed by atoms with Crippen LogP contribution in [0.2, 0.25) is 0 Å². The molecule has 0 aliphatic carbocycles. The summed E-state index contributed by atoms with van der Waals surface area (Å²) >= 11 is 0. The third-order valence-corrected chi connectivity index (χ3v) is 2.61. The quantitative estimate of drug-likeness (QED) is 0.478. The summed E-state index contributed by atoms with van der Waals surface area (Å²) in [7, 11) is 0. The smallest absolute Gasteiger partial charge is 0.301 e. The average molecular weight is 276 g/mol. The number of rotatable bonds is 6. The summed E-state index contributed by atoms with van der Waals surface area (Å²) < 4.78 is 16.0. The zero-order chi connectivity index (χ0) is 14.4. The number of benzene rings is 1. The van der Waals surface area contributed by atoms with E-state index in [1.807, 2.05) is 24.5 Å². The SMILES string of the molecule is CCOc1ccc(OCc2ccoc2C(=O)NN)cc1. The average Bonchev–Trinajstić information content (AvgIpc) is 2.94. The van der Waals surface area contributed by atoms with Gasteiger partial charge < -0.3 is 13.9 Å². The van der Waals surface area contributed by atoms with E-state index in [4.69, 9.17) is 19.7 Å². The lowest BCUT2D eigenvalue weighted by Gasteiger charge is -2.07. The Labute approximate surface area is 116 Å². The van der Waals surface area contributed by atoms with E-state index in [2.05, 4.69) is 0 Å². The zero-order valence-electron chi connectivity index (χ0n) is 11.1. The minimum atomic E-state index is -0.486. The molecule has 6 heteroatoms. The van der Waals surface area contributed by atoms with Gasteiger partial charge in [0.05, 0.1) is 12.9 Å². The number of ether oxygens (including phenoxy) is 2. The van der Waals surface area contributed by atoms with Crippen molar-refractivity contribution in [2.24, 2.45) is 5.84 Å². The van der Waals surface area contributed by atoms with Gasteiger partial charge in [0, 0.05) is 5.56 Å². The molecule has 0 spiro atoms. The monoisotopic (exact) mass is 276 g/mol. The van der Waals surface area contributed by atoms with E-state index in [1.54, 1.807) is 18.2 Å². The first-order chi connectivity index (χ1) is 9.74. The number of hydrogen-bond acceptors (Lipinski definition) is 5. The number of hydrazine groups is 1. The molecule has 0 saturated heterocycles. The highest BCUT2D eigenvalue weighted by molar-refractivity contribution is 5.92. The van der Waals surface area contributed by atoms with Crippen LogP contribution in [0.5, 0.6) is 11.5 Å². The van der Waals surface area contributed by atoms with Gasteiger partial charge in [-0.25, -0.2) is 5.84 Å². The Morgan fingerprint density at radius 3 is 2.45 bits per heavy atom.